The van der Waals surface area contributed by atoms with Crippen LogP contribution in [0.1, 0.15) is 18.1 Å². The quantitative estimate of drug-likeness (QED) is 0.846. The normalized spacial score (nSPS) is 9.80. The van der Waals surface area contributed by atoms with Gasteiger partial charge in [-0.15, -0.1) is 0 Å². The molecule has 0 unspecified atom stereocenters. The van der Waals surface area contributed by atoms with Gasteiger partial charge in [-0.3, -0.25) is 0 Å². The van der Waals surface area contributed by atoms with E-state index in [1.54, 1.807) is 12.1 Å². The van der Waals surface area contributed by atoms with Crippen molar-refractivity contribution in [2.45, 2.75) is 13.5 Å². The Kier molecular flexibility index (Phi) is 4.46. The highest BCUT2D eigenvalue weighted by Gasteiger charge is 2.12. The summed E-state index contributed by atoms with van der Waals surface area (Å²) in [5.41, 5.74) is 7.84. The van der Waals surface area contributed by atoms with Crippen molar-refractivity contribution in [1.82, 2.24) is 0 Å². The molecule has 2 aromatic rings. The summed E-state index contributed by atoms with van der Waals surface area (Å²) in [7, 11) is 0. The maximum atomic E-state index is 8.95. The summed E-state index contributed by atoms with van der Waals surface area (Å²) in [6.07, 6.45) is 0. The molecule has 2 aromatic carbocycles. The highest BCUT2D eigenvalue weighted by atomic mass is 16.5. The van der Waals surface area contributed by atoms with Crippen LogP contribution in [-0.2, 0) is 6.61 Å². The molecule has 0 aromatic heterocycles. The average molecular weight is 268 g/mol. The van der Waals surface area contributed by atoms with Gasteiger partial charge in [-0.05, 0) is 18.6 Å². The Morgan fingerprint density at radius 3 is 2.55 bits per heavy atom. The number of nitrogens with two attached hydrogens (primary N) is 1. The molecule has 2 N–H and O–H groups in total. The summed E-state index contributed by atoms with van der Waals surface area (Å²) < 4.78 is 11.2. The third kappa shape index (κ3) is 3.21. The van der Waals surface area contributed by atoms with Crippen LogP contribution in [0.15, 0.2) is 42.5 Å². The molecule has 0 saturated heterocycles. The SMILES string of the molecule is CCOc1cc(C#N)cc(N)c1OCc1ccccc1. The van der Waals surface area contributed by atoms with Gasteiger partial charge in [0.25, 0.3) is 0 Å². The highest BCUT2D eigenvalue weighted by molar-refractivity contribution is 5.64. The summed E-state index contributed by atoms with van der Waals surface area (Å²) in [6.45, 7) is 2.75. The fraction of sp³-hybridized carbons (Fsp3) is 0.188. The van der Waals surface area contributed by atoms with Gasteiger partial charge in [-0.25, -0.2) is 0 Å². The second-order valence-electron chi connectivity index (χ2n) is 4.21. The zero-order valence-corrected chi connectivity index (χ0v) is 11.3. The molecule has 4 heteroatoms. The van der Waals surface area contributed by atoms with Crippen molar-refractivity contribution in [1.29, 1.82) is 5.26 Å². The first-order valence-corrected chi connectivity index (χ1v) is 6.37. The first-order valence-electron chi connectivity index (χ1n) is 6.37. The monoisotopic (exact) mass is 268 g/mol. The van der Waals surface area contributed by atoms with Gasteiger partial charge >= 0.3 is 0 Å². The van der Waals surface area contributed by atoms with Crippen LogP contribution in [0, 0.1) is 11.3 Å². The summed E-state index contributed by atoms with van der Waals surface area (Å²) in [6, 6.07) is 15.1. The fourth-order valence-corrected chi connectivity index (χ4v) is 1.84. The first kappa shape index (κ1) is 13.8. The number of nitrogens with zero attached hydrogens (tertiary/aromatic N) is 1. The topological polar surface area (TPSA) is 68.3 Å². The molecular formula is C16H16N2O2. The maximum Gasteiger partial charge on any atom is 0.184 e. The smallest absolute Gasteiger partial charge is 0.184 e. The van der Waals surface area contributed by atoms with Crippen molar-refractivity contribution in [3.05, 3.63) is 53.6 Å². The van der Waals surface area contributed by atoms with Crippen LogP contribution in [0.2, 0.25) is 0 Å². The third-order valence-corrected chi connectivity index (χ3v) is 2.74. The van der Waals surface area contributed by atoms with Crippen molar-refractivity contribution in [2.24, 2.45) is 0 Å². The lowest BCUT2D eigenvalue weighted by Gasteiger charge is -2.14. The number of nitrogen functional groups attached to an aromatic ring is 1. The summed E-state index contributed by atoms with van der Waals surface area (Å²) in [4.78, 5) is 0. The zero-order chi connectivity index (χ0) is 14.4. The Bertz CT molecular complexity index is 618. The predicted octanol–water partition coefficient (Wildman–Crippen LogP) is 3.12. The zero-order valence-electron chi connectivity index (χ0n) is 11.3. The van der Waals surface area contributed by atoms with Crippen LogP contribution >= 0.6 is 0 Å². The molecule has 0 aliphatic rings. The Balaban J connectivity index is 2.24. The van der Waals surface area contributed by atoms with Crippen LogP contribution in [0.25, 0.3) is 0 Å². The highest BCUT2D eigenvalue weighted by Crippen LogP contribution is 2.35. The lowest BCUT2D eigenvalue weighted by molar-refractivity contribution is 0.271. The van der Waals surface area contributed by atoms with Gasteiger partial charge in [-0.1, -0.05) is 30.3 Å². The molecule has 2 rings (SSSR count). The summed E-state index contributed by atoms with van der Waals surface area (Å²) in [5.74, 6) is 0.981. The van der Waals surface area contributed by atoms with Gasteiger partial charge in [0.05, 0.1) is 23.9 Å². The van der Waals surface area contributed by atoms with E-state index in [0.717, 1.165) is 5.56 Å². The largest absolute Gasteiger partial charge is 0.490 e. The molecule has 0 radical (unpaired) electrons. The minimum atomic E-state index is 0.400. The Labute approximate surface area is 118 Å². The minimum absolute atomic E-state index is 0.400. The van der Waals surface area contributed by atoms with E-state index in [9.17, 15) is 0 Å². The van der Waals surface area contributed by atoms with Crippen molar-refractivity contribution in [3.8, 4) is 17.6 Å². The van der Waals surface area contributed by atoms with Gasteiger partial charge in [-0.2, -0.15) is 5.26 Å². The first-order chi connectivity index (χ1) is 9.74. The van der Waals surface area contributed by atoms with Crippen molar-refractivity contribution >= 4 is 5.69 Å². The molecule has 0 saturated carbocycles. The van der Waals surface area contributed by atoms with Crippen LogP contribution < -0.4 is 15.2 Å². The summed E-state index contributed by atoms with van der Waals surface area (Å²) in [5, 5.41) is 8.95. The van der Waals surface area contributed by atoms with E-state index in [-0.39, 0.29) is 0 Å². The van der Waals surface area contributed by atoms with Crippen LogP contribution in [-0.4, -0.2) is 6.61 Å². The van der Waals surface area contributed by atoms with Gasteiger partial charge in [0.1, 0.15) is 6.61 Å². The second kappa shape index (κ2) is 6.48. The van der Waals surface area contributed by atoms with E-state index in [2.05, 4.69) is 6.07 Å². The molecule has 0 atom stereocenters. The van der Waals surface area contributed by atoms with Crippen LogP contribution in [0.4, 0.5) is 5.69 Å². The lowest BCUT2D eigenvalue weighted by Crippen LogP contribution is -2.03. The standard InChI is InChI=1S/C16H16N2O2/c1-2-19-15-9-13(10-17)8-14(18)16(15)20-11-12-6-4-3-5-7-12/h3-9H,2,11,18H2,1H3. The molecule has 0 amide bonds. The molecule has 0 aliphatic heterocycles. The molecule has 0 fully saturated rings. The van der Waals surface area contributed by atoms with Crippen molar-refractivity contribution in [2.75, 3.05) is 12.3 Å². The van der Waals surface area contributed by atoms with E-state index >= 15 is 0 Å². The van der Waals surface area contributed by atoms with E-state index in [0.29, 0.717) is 36.0 Å². The van der Waals surface area contributed by atoms with Gasteiger partial charge < -0.3 is 15.2 Å². The Morgan fingerprint density at radius 2 is 1.90 bits per heavy atom. The van der Waals surface area contributed by atoms with Crippen LogP contribution in [0.5, 0.6) is 11.5 Å². The number of hydrogen-bond donors (Lipinski definition) is 1. The number of benzene rings is 2. The lowest BCUT2D eigenvalue weighted by atomic mass is 10.2. The van der Waals surface area contributed by atoms with E-state index in [1.165, 1.54) is 0 Å². The van der Waals surface area contributed by atoms with E-state index in [1.807, 2.05) is 37.3 Å². The minimum Gasteiger partial charge on any atom is -0.490 e. The Morgan fingerprint density at radius 1 is 1.15 bits per heavy atom. The number of nitriles is 1. The molecule has 0 aliphatic carbocycles. The number of ether oxygens (including phenoxy) is 2. The number of anilines is 1. The summed E-state index contributed by atoms with van der Waals surface area (Å²) >= 11 is 0. The van der Waals surface area contributed by atoms with E-state index < -0.39 is 0 Å². The van der Waals surface area contributed by atoms with E-state index in [4.69, 9.17) is 20.5 Å². The molecule has 0 spiro atoms. The van der Waals surface area contributed by atoms with Gasteiger partial charge in [0.2, 0.25) is 0 Å². The predicted molar refractivity (Wildman–Crippen MR) is 77.5 cm³/mol. The molecule has 0 bridgehead atoms. The van der Waals surface area contributed by atoms with Crippen molar-refractivity contribution < 1.29 is 9.47 Å². The molecular weight excluding hydrogens is 252 g/mol. The molecule has 20 heavy (non-hydrogen) atoms. The molecule has 0 heterocycles. The second-order valence-corrected chi connectivity index (χ2v) is 4.21. The van der Waals surface area contributed by atoms with Gasteiger partial charge in [0.15, 0.2) is 11.5 Å². The fourth-order valence-electron chi connectivity index (χ4n) is 1.84. The molecule has 4 nitrogen and oxygen atoms in total. The van der Waals surface area contributed by atoms with Crippen LogP contribution in [0.3, 0.4) is 0 Å². The average Bonchev–Trinajstić information content (AvgIpc) is 2.47. The molecule has 102 valence electrons. The third-order valence-electron chi connectivity index (χ3n) is 2.74. The Hall–Kier alpha value is -2.67. The van der Waals surface area contributed by atoms with Crippen molar-refractivity contribution in [3.63, 3.8) is 0 Å². The maximum absolute atomic E-state index is 8.95. The van der Waals surface area contributed by atoms with Gasteiger partial charge in [0, 0.05) is 6.07 Å². The number of hydrogen-bond acceptors (Lipinski definition) is 4. The number of rotatable bonds is 5.